The number of pyridine rings is 1. The number of imidazole rings is 1. The van der Waals surface area contributed by atoms with E-state index in [4.69, 9.17) is 0 Å². The van der Waals surface area contributed by atoms with Gasteiger partial charge in [0.15, 0.2) is 5.69 Å². The van der Waals surface area contributed by atoms with Crippen molar-refractivity contribution in [3.8, 4) is 0 Å². The van der Waals surface area contributed by atoms with Crippen LogP contribution in [0.4, 0.5) is 11.4 Å². The lowest BCUT2D eigenvalue weighted by Crippen LogP contribution is -2.19. The number of benzene rings is 1. The summed E-state index contributed by atoms with van der Waals surface area (Å²) in [6, 6.07) is 9.93. The summed E-state index contributed by atoms with van der Waals surface area (Å²) >= 11 is 0. The van der Waals surface area contributed by atoms with Crippen LogP contribution in [0.5, 0.6) is 0 Å². The number of rotatable bonds is 5. The molecule has 8 heteroatoms. The number of fused-ring (bicyclic) bond motifs is 1. The van der Waals surface area contributed by atoms with Gasteiger partial charge in [-0.15, -0.1) is 0 Å². The number of nitro benzene ring substituents is 1. The lowest BCUT2D eigenvalue weighted by Gasteiger charge is -2.12. The van der Waals surface area contributed by atoms with Crippen LogP contribution in [-0.2, 0) is 6.54 Å². The molecule has 0 atom stereocenters. The number of non-ortho nitro benzene ring substituents is 1. The van der Waals surface area contributed by atoms with E-state index < -0.39 is 10.8 Å². The molecule has 0 bridgehead atoms. The van der Waals surface area contributed by atoms with Crippen molar-refractivity contribution in [2.45, 2.75) is 13.5 Å². The summed E-state index contributed by atoms with van der Waals surface area (Å²) < 4.78 is 1.87. The molecule has 8 nitrogen and oxygen atoms in total. The number of aromatic nitrogens is 2. The average Bonchev–Trinajstić information content (AvgIpc) is 2.95. The van der Waals surface area contributed by atoms with Crippen LogP contribution in [0.3, 0.4) is 0 Å². The summed E-state index contributed by atoms with van der Waals surface area (Å²) in [5, 5.41) is 13.7. The third-order valence-corrected chi connectivity index (χ3v) is 3.99. The first-order valence-corrected chi connectivity index (χ1v) is 8.04. The normalized spacial score (nSPS) is 11.1. The zero-order chi connectivity index (χ0) is 18.8. The molecule has 1 N–H and O–H groups in total. The molecular weight excluding hydrogens is 334 g/mol. The molecule has 0 aliphatic rings. The Labute approximate surface area is 150 Å². The number of nitrogens with zero attached hydrogens (tertiary/aromatic N) is 4. The Morgan fingerprint density at radius 3 is 2.77 bits per heavy atom. The highest BCUT2D eigenvalue weighted by Gasteiger charge is 2.20. The van der Waals surface area contributed by atoms with Gasteiger partial charge >= 0.3 is 0 Å². The molecule has 2 aromatic heterocycles. The van der Waals surface area contributed by atoms with Crippen LogP contribution in [0.25, 0.3) is 5.65 Å². The average molecular weight is 353 g/mol. The van der Waals surface area contributed by atoms with Gasteiger partial charge in [-0.25, -0.2) is 4.98 Å². The number of amides is 1. The number of carbonyl (C=O) groups excluding carboxylic acids is 1. The van der Waals surface area contributed by atoms with Crippen molar-refractivity contribution < 1.29 is 9.72 Å². The lowest BCUT2D eigenvalue weighted by molar-refractivity contribution is -0.384. The highest BCUT2D eigenvalue weighted by Crippen LogP contribution is 2.23. The van der Waals surface area contributed by atoms with E-state index in [9.17, 15) is 14.9 Å². The number of aryl methyl sites for hydroxylation is 1. The van der Waals surface area contributed by atoms with Crippen LogP contribution in [-0.4, -0.2) is 39.2 Å². The Hall–Kier alpha value is -3.26. The molecule has 134 valence electrons. The van der Waals surface area contributed by atoms with Crippen LogP contribution < -0.4 is 5.32 Å². The van der Waals surface area contributed by atoms with Crippen LogP contribution in [0.2, 0.25) is 0 Å². The van der Waals surface area contributed by atoms with Crippen molar-refractivity contribution in [3.05, 3.63) is 69.7 Å². The predicted molar refractivity (Wildman–Crippen MR) is 98.4 cm³/mol. The van der Waals surface area contributed by atoms with Crippen LogP contribution in [0.15, 0.2) is 42.6 Å². The van der Waals surface area contributed by atoms with E-state index in [2.05, 4.69) is 10.3 Å². The molecule has 26 heavy (non-hydrogen) atoms. The highest BCUT2D eigenvalue weighted by atomic mass is 16.6. The standard InChI is InChI=1S/C18H19N5O3/c1-12-7-8-13(23(25)26)10-14(12)19-18(24)17-15(11-21(2)3)22-9-5-4-6-16(22)20-17/h4-10H,11H2,1-3H3,(H,19,24). The molecular formula is C18H19N5O3. The van der Waals surface area contributed by atoms with E-state index in [1.807, 2.05) is 47.8 Å². The molecule has 2 heterocycles. The fourth-order valence-corrected chi connectivity index (χ4v) is 2.72. The van der Waals surface area contributed by atoms with E-state index in [0.717, 1.165) is 11.3 Å². The summed E-state index contributed by atoms with van der Waals surface area (Å²) in [5.41, 5.74) is 2.79. The summed E-state index contributed by atoms with van der Waals surface area (Å²) in [7, 11) is 3.82. The molecule has 0 saturated heterocycles. The zero-order valence-corrected chi connectivity index (χ0v) is 14.8. The second-order valence-corrected chi connectivity index (χ2v) is 6.28. The second-order valence-electron chi connectivity index (χ2n) is 6.28. The molecule has 3 rings (SSSR count). The molecule has 0 spiro atoms. The van der Waals surface area contributed by atoms with Gasteiger partial charge in [0, 0.05) is 24.9 Å². The molecule has 0 saturated carbocycles. The van der Waals surface area contributed by atoms with Crippen LogP contribution in [0.1, 0.15) is 21.7 Å². The van der Waals surface area contributed by atoms with Gasteiger partial charge in [0.2, 0.25) is 0 Å². The maximum Gasteiger partial charge on any atom is 0.276 e. The predicted octanol–water partition coefficient (Wildman–Crippen LogP) is 2.86. The van der Waals surface area contributed by atoms with Gasteiger partial charge in [-0.1, -0.05) is 12.1 Å². The number of hydrogen-bond donors (Lipinski definition) is 1. The highest BCUT2D eigenvalue weighted by molar-refractivity contribution is 6.04. The van der Waals surface area contributed by atoms with Crippen molar-refractivity contribution in [1.29, 1.82) is 0 Å². The number of nitro groups is 1. The first-order chi connectivity index (χ1) is 12.4. The Balaban J connectivity index is 2.00. The molecule has 0 unspecified atom stereocenters. The second kappa shape index (κ2) is 6.93. The molecule has 0 radical (unpaired) electrons. The Bertz CT molecular complexity index is 994. The molecule has 0 fully saturated rings. The maximum absolute atomic E-state index is 12.8. The fraction of sp³-hybridized carbons (Fsp3) is 0.222. The number of anilines is 1. The Kier molecular flexibility index (Phi) is 4.68. The van der Waals surface area contributed by atoms with E-state index in [1.54, 1.807) is 13.0 Å². The molecule has 1 amide bonds. The van der Waals surface area contributed by atoms with Crippen molar-refractivity contribution in [1.82, 2.24) is 14.3 Å². The first-order valence-electron chi connectivity index (χ1n) is 8.04. The topological polar surface area (TPSA) is 92.8 Å². The molecule has 1 aromatic carbocycles. The van der Waals surface area contributed by atoms with Gasteiger partial charge in [0.05, 0.1) is 16.3 Å². The number of nitrogens with one attached hydrogen (secondary N) is 1. The minimum Gasteiger partial charge on any atom is -0.320 e. The SMILES string of the molecule is Cc1ccc([N+](=O)[O-])cc1NC(=O)c1nc2ccccn2c1CN(C)C. The van der Waals surface area contributed by atoms with Crippen molar-refractivity contribution in [2.75, 3.05) is 19.4 Å². The van der Waals surface area contributed by atoms with Crippen LogP contribution >= 0.6 is 0 Å². The van der Waals surface area contributed by atoms with Gasteiger partial charge in [-0.05, 0) is 38.7 Å². The quantitative estimate of drug-likeness (QED) is 0.562. The van der Waals surface area contributed by atoms with Gasteiger partial charge in [-0.2, -0.15) is 0 Å². The maximum atomic E-state index is 12.8. The fourth-order valence-electron chi connectivity index (χ4n) is 2.72. The molecule has 3 aromatic rings. The monoisotopic (exact) mass is 353 g/mol. The van der Waals surface area contributed by atoms with Crippen molar-refractivity contribution in [3.63, 3.8) is 0 Å². The van der Waals surface area contributed by atoms with E-state index >= 15 is 0 Å². The Morgan fingerprint density at radius 1 is 1.31 bits per heavy atom. The molecule has 0 aliphatic carbocycles. The van der Waals surface area contributed by atoms with Gasteiger partial charge in [-0.3, -0.25) is 14.9 Å². The van der Waals surface area contributed by atoms with Gasteiger partial charge < -0.3 is 14.6 Å². The minimum absolute atomic E-state index is 0.0746. The summed E-state index contributed by atoms with van der Waals surface area (Å²) in [5.74, 6) is -0.394. The van der Waals surface area contributed by atoms with E-state index in [1.165, 1.54) is 12.1 Å². The third-order valence-electron chi connectivity index (χ3n) is 3.99. The summed E-state index contributed by atoms with van der Waals surface area (Å²) in [6.45, 7) is 2.31. The smallest absolute Gasteiger partial charge is 0.276 e. The third kappa shape index (κ3) is 3.40. The molecule has 0 aliphatic heterocycles. The minimum atomic E-state index is -0.489. The Morgan fingerprint density at radius 2 is 2.08 bits per heavy atom. The first kappa shape index (κ1) is 17.6. The van der Waals surface area contributed by atoms with Crippen molar-refractivity contribution >= 4 is 22.9 Å². The van der Waals surface area contributed by atoms with Gasteiger partial charge in [0.25, 0.3) is 11.6 Å². The number of carbonyl (C=O) groups is 1. The zero-order valence-electron chi connectivity index (χ0n) is 14.8. The van der Waals surface area contributed by atoms with E-state index in [-0.39, 0.29) is 5.69 Å². The number of hydrogen-bond acceptors (Lipinski definition) is 5. The van der Waals surface area contributed by atoms with Crippen molar-refractivity contribution in [2.24, 2.45) is 0 Å². The summed E-state index contributed by atoms with van der Waals surface area (Å²) in [6.07, 6.45) is 1.86. The van der Waals surface area contributed by atoms with Crippen LogP contribution in [0, 0.1) is 17.0 Å². The summed E-state index contributed by atoms with van der Waals surface area (Å²) in [4.78, 5) is 29.7. The van der Waals surface area contributed by atoms with E-state index in [0.29, 0.717) is 23.6 Å². The largest absolute Gasteiger partial charge is 0.320 e. The lowest BCUT2D eigenvalue weighted by atomic mass is 10.1. The van der Waals surface area contributed by atoms with Gasteiger partial charge in [0.1, 0.15) is 5.65 Å².